The second kappa shape index (κ2) is 4.37. The number of hydrogen-bond donors (Lipinski definition) is 1. The van der Waals surface area contributed by atoms with E-state index in [1.807, 2.05) is 0 Å². The van der Waals surface area contributed by atoms with Crippen molar-refractivity contribution < 1.29 is 9.53 Å². The van der Waals surface area contributed by atoms with Gasteiger partial charge in [0, 0.05) is 6.92 Å². The molecule has 1 aromatic heterocycles. The predicted octanol–water partition coefficient (Wildman–Crippen LogP) is 1.55. The zero-order valence-corrected chi connectivity index (χ0v) is 9.56. The van der Waals surface area contributed by atoms with Gasteiger partial charge in [0.05, 0.1) is 10.9 Å². The van der Waals surface area contributed by atoms with Crippen LogP contribution >= 0.6 is 0 Å². The van der Waals surface area contributed by atoms with Crippen molar-refractivity contribution in [2.45, 2.75) is 20.0 Å². The van der Waals surface area contributed by atoms with E-state index in [2.05, 4.69) is 9.97 Å². The summed E-state index contributed by atoms with van der Waals surface area (Å²) in [6.45, 7) is 2.98. The van der Waals surface area contributed by atoms with E-state index in [-0.39, 0.29) is 5.56 Å². The van der Waals surface area contributed by atoms with Crippen molar-refractivity contribution in [3.63, 3.8) is 0 Å². The Bertz CT molecular complexity index is 618. The monoisotopic (exact) mass is 232 g/mol. The lowest BCUT2D eigenvalue weighted by Gasteiger charge is -2.11. The Morgan fingerprint density at radius 3 is 2.82 bits per heavy atom. The van der Waals surface area contributed by atoms with Crippen LogP contribution in [-0.2, 0) is 9.53 Å². The van der Waals surface area contributed by atoms with Gasteiger partial charge in [-0.25, -0.2) is 4.98 Å². The molecule has 0 radical (unpaired) electrons. The zero-order chi connectivity index (χ0) is 12.4. The molecular formula is C12H12N2O3. The summed E-state index contributed by atoms with van der Waals surface area (Å²) in [5, 5.41) is 0.520. The quantitative estimate of drug-likeness (QED) is 0.797. The minimum absolute atomic E-state index is 0.232. The van der Waals surface area contributed by atoms with E-state index in [9.17, 15) is 9.59 Å². The Kier molecular flexibility index (Phi) is 2.91. The largest absolute Gasteiger partial charge is 0.455 e. The normalized spacial score (nSPS) is 12.4. The second-order valence-corrected chi connectivity index (χ2v) is 3.72. The highest BCUT2D eigenvalue weighted by Gasteiger charge is 2.12. The SMILES string of the molecule is CC(=O)O[C@@H](C)c1nc2ccccc2c(=O)[nH]1. The average Bonchev–Trinajstić information content (AvgIpc) is 2.28. The number of ether oxygens (including phenoxy) is 1. The van der Waals surface area contributed by atoms with E-state index < -0.39 is 12.1 Å². The Balaban J connectivity index is 2.50. The molecule has 1 heterocycles. The van der Waals surface area contributed by atoms with E-state index in [4.69, 9.17) is 4.74 Å². The maximum absolute atomic E-state index is 11.8. The summed E-state index contributed by atoms with van der Waals surface area (Å²) in [6.07, 6.45) is -0.565. The number of nitrogens with one attached hydrogen (secondary N) is 1. The van der Waals surface area contributed by atoms with E-state index in [1.165, 1.54) is 6.92 Å². The predicted molar refractivity (Wildman–Crippen MR) is 62.5 cm³/mol. The molecule has 2 rings (SSSR count). The number of carbonyl (C=O) groups is 1. The molecule has 0 saturated heterocycles. The summed E-state index contributed by atoms with van der Waals surface area (Å²) < 4.78 is 4.97. The highest BCUT2D eigenvalue weighted by molar-refractivity contribution is 5.77. The molecule has 5 nitrogen and oxygen atoms in total. The minimum Gasteiger partial charge on any atom is -0.455 e. The summed E-state index contributed by atoms with van der Waals surface area (Å²) in [7, 11) is 0. The molecule has 1 atom stereocenters. The van der Waals surface area contributed by atoms with Crippen molar-refractivity contribution in [2.75, 3.05) is 0 Å². The maximum atomic E-state index is 11.8. The fourth-order valence-electron chi connectivity index (χ4n) is 1.60. The lowest BCUT2D eigenvalue weighted by molar-refractivity contribution is -0.146. The van der Waals surface area contributed by atoms with Crippen molar-refractivity contribution in [3.05, 3.63) is 40.4 Å². The number of para-hydroxylation sites is 1. The Hall–Kier alpha value is -2.17. The molecule has 0 amide bonds. The van der Waals surface area contributed by atoms with Crippen molar-refractivity contribution in [1.82, 2.24) is 9.97 Å². The number of carbonyl (C=O) groups excluding carboxylic acids is 1. The van der Waals surface area contributed by atoms with Crippen LogP contribution in [0.4, 0.5) is 0 Å². The Morgan fingerprint density at radius 2 is 2.12 bits per heavy atom. The van der Waals surface area contributed by atoms with Gasteiger partial charge in [0.1, 0.15) is 0 Å². The van der Waals surface area contributed by atoms with Crippen LogP contribution in [0.25, 0.3) is 10.9 Å². The fourth-order valence-corrected chi connectivity index (χ4v) is 1.60. The molecule has 88 valence electrons. The maximum Gasteiger partial charge on any atom is 0.303 e. The molecule has 0 aliphatic carbocycles. The first-order valence-electron chi connectivity index (χ1n) is 5.24. The van der Waals surface area contributed by atoms with Gasteiger partial charge in [0.15, 0.2) is 11.9 Å². The third kappa shape index (κ3) is 2.33. The van der Waals surface area contributed by atoms with Gasteiger partial charge in [0.2, 0.25) is 0 Å². The summed E-state index contributed by atoms with van der Waals surface area (Å²) in [6, 6.07) is 7.01. The van der Waals surface area contributed by atoms with E-state index in [1.54, 1.807) is 31.2 Å². The molecule has 0 saturated carbocycles. The first kappa shape index (κ1) is 11.3. The molecule has 0 aliphatic rings. The molecule has 2 aromatic rings. The second-order valence-electron chi connectivity index (χ2n) is 3.72. The summed E-state index contributed by atoms with van der Waals surface area (Å²) in [5.41, 5.74) is 0.356. The number of fused-ring (bicyclic) bond motifs is 1. The van der Waals surface area contributed by atoms with Gasteiger partial charge in [-0.05, 0) is 19.1 Å². The van der Waals surface area contributed by atoms with Crippen LogP contribution in [-0.4, -0.2) is 15.9 Å². The summed E-state index contributed by atoms with van der Waals surface area (Å²) in [5.74, 6) is -0.0581. The van der Waals surface area contributed by atoms with Crippen LogP contribution in [0.3, 0.4) is 0 Å². The van der Waals surface area contributed by atoms with E-state index >= 15 is 0 Å². The molecule has 1 N–H and O–H groups in total. The number of aromatic nitrogens is 2. The first-order valence-corrected chi connectivity index (χ1v) is 5.24. The number of aromatic amines is 1. The van der Waals surface area contributed by atoms with Crippen molar-refractivity contribution in [1.29, 1.82) is 0 Å². The van der Waals surface area contributed by atoms with Crippen LogP contribution < -0.4 is 5.56 Å². The standard InChI is InChI=1S/C12H12N2O3/c1-7(17-8(2)15)11-13-10-6-4-3-5-9(10)12(16)14-11/h3-7H,1-2H3,(H,13,14,16)/t7-/m0/s1. The third-order valence-corrected chi connectivity index (χ3v) is 2.36. The van der Waals surface area contributed by atoms with Crippen molar-refractivity contribution in [2.24, 2.45) is 0 Å². The summed E-state index contributed by atoms with van der Waals surface area (Å²) >= 11 is 0. The topological polar surface area (TPSA) is 72.0 Å². The number of nitrogens with zero attached hydrogens (tertiary/aromatic N) is 1. The smallest absolute Gasteiger partial charge is 0.303 e. The van der Waals surface area contributed by atoms with Gasteiger partial charge in [0.25, 0.3) is 5.56 Å². The molecule has 0 unspecified atom stereocenters. The third-order valence-electron chi connectivity index (χ3n) is 2.36. The molecule has 5 heteroatoms. The zero-order valence-electron chi connectivity index (χ0n) is 9.56. The van der Waals surface area contributed by atoms with Crippen molar-refractivity contribution in [3.8, 4) is 0 Å². The number of esters is 1. The number of hydrogen-bond acceptors (Lipinski definition) is 4. The van der Waals surface area contributed by atoms with Crippen LogP contribution in [0.1, 0.15) is 25.8 Å². The number of benzene rings is 1. The Labute approximate surface area is 97.4 Å². The first-order chi connectivity index (χ1) is 8.08. The van der Waals surface area contributed by atoms with Crippen LogP contribution in [0.2, 0.25) is 0 Å². The van der Waals surface area contributed by atoms with Gasteiger partial charge in [-0.1, -0.05) is 12.1 Å². The van der Waals surface area contributed by atoms with Gasteiger partial charge >= 0.3 is 5.97 Å². The molecular weight excluding hydrogens is 220 g/mol. The molecule has 0 aliphatic heterocycles. The van der Waals surface area contributed by atoms with Gasteiger partial charge in [-0.15, -0.1) is 0 Å². The highest BCUT2D eigenvalue weighted by Crippen LogP contribution is 2.13. The summed E-state index contributed by atoms with van der Waals surface area (Å²) in [4.78, 5) is 29.5. The molecule has 0 spiro atoms. The van der Waals surface area contributed by atoms with E-state index in [0.717, 1.165) is 0 Å². The highest BCUT2D eigenvalue weighted by atomic mass is 16.5. The van der Waals surface area contributed by atoms with Crippen LogP contribution in [0.5, 0.6) is 0 Å². The molecule has 0 bridgehead atoms. The molecule has 0 fully saturated rings. The van der Waals surface area contributed by atoms with Gasteiger partial charge < -0.3 is 9.72 Å². The van der Waals surface area contributed by atoms with E-state index in [0.29, 0.717) is 16.7 Å². The average molecular weight is 232 g/mol. The lowest BCUT2D eigenvalue weighted by Crippen LogP contribution is -2.16. The number of rotatable bonds is 2. The molecule has 1 aromatic carbocycles. The van der Waals surface area contributed by atoms with Crippen LogP contribution in [0, 0.1) is 0 Å². The van der Waals surface area contributed by atoms with Crippen LogP contribution in [0.15, 0.2) is 29.1 Å². The molecule has 17 heavy (non-hydrogen) atoms. The Morgan fingerprint density at radius 1 is 1.41 bits per heavy atom. The number of H-pyrrole nitrogens is 1. The lowest BCUT2D eigenvalue weighted by atomic mass is 10.2. The van der Waals surface area contributed by atoms with Gasteiger partial charge in [-0.3, -0.25) is 9.59 Å². The van der Waals surface area contributed by atoms with Gasteiger partial charge in [-0.2, -0.15) is 0 Å². The minimum atomic E-state index is -0.565. The fraction of sp³-hybridized carbons (Fsp3) is 0.250. The van der Waals surface area contributed by atoms with Crippen molar-refractivity contribution >= 4 is 16.9 Å².